The van der Waals surface area contributed by atoms with E-state index in [4.69, 9.17) is 17.3 Å². The topological polar surface area (TPSA) is 29.3 Å². The van der Waals surface area contributed by atoms with E-state index in [2.05, 4.69) is 11.8 Å². The standard InChI is InChI=1S/C15H23ClN2/c1-2-3-12-6-8-18(9-7-12)11-13-10-14(17)4-5-15(13)16/h4-5,10,12H,2-3,6-9,11,17H2,1H3. The molecule has 0 spiro atoms. The minimum absolute atomic E-state index is 0.801. The normalized spacial score (nSPS) is 18.1. The molecule has 0 aromatic heterocycles. The zero-order valence-corrected chi connectivity index (χ0v) is 11.9. The van der Waals surface area contributed by atoms with Gasteiger partial charge in [-0.2, -0.15) is 0 Å². The lowest BCUT2D eigenvalue weighted by atomic mass is 9.92. The van der Waals surface area contributed by atoms with E-state index in [0.29, 0.717) is 0 Å². The van der Waals surface area contributed by atoms with E-state index < -0.39 is 0 Å². The first-order valence-electron chi connectivity index (χ1n) is 6.95. The Morgan fingerprint density at radius 1 is 1.33 bits per heavy atom. The fraction of sp³-hybridized carbons (Fsp3) is 0.600. The maximum atomic E-state index is 6.21. The molecule has 1 saturated heterocycles. The quantitative estimate of drug-likeness (QED) is 0.837. The van der Waals surface area contributed by atoms with Gasteiger partial charge in [0.25, 0.3) is 0 Å². The van der Waals surface area contributed by atoms with Crippen molar-refractivity contribution >= 4 is 17.3 Å². The molecule has 0 bridgehead atoms. The van der Waals surface area contributed by atoms with Gasteiger partial charge in [0.2, 0.25) is 0 Å². The summed E-state index contributed by atoms with van der Waals surface area (Å²) in [5.74, 6) is 0.933. The third-order valence-corrected chi connectivity index (χ3v) is 4.24. The van der Waals surface area contributed by atoms with Crippen molar-refractivity contribution in [2.75, 3.05) is 18.8 Å². The molecule has 0 aliphatic carbocycles. The number of benzene rings is 1. The predicted octanol–water partition coefficient (Wildman–Crippen LogP) is 3.93. The van der Waals surface area contributed by atoms with Crippen LogP contribution in [0.1, 0.15) is 38.2 Å². The highest BCUT2D eigenvalue weighted by molar-refractivity contribution is 6.31. The van der Waals surface area contributed by atoms with Crippen molar-refractivity contribution in [1.29, 1.82) is 0 Å². The molecule has 2 rings (SSSR count). The van der Waals surface area contributed by atoms with Gasteiger partial charge >= 0.3 is 0 Å². The lowest BCUT2D eigenvalue weighted by molar-refractivity contribution is 0.172. The van der Waals surface area contributed by atoms with Crippen LogP contribution >= 0.6 is 11.6 Å². The molecule has 18 heavy (non-hydrogen) atoms. The highest BCUT2D eigenvalue weighted by atomic mass is 35.5. The maximum Gasteiger partial charge on any atom is 0.0452 e. The van der Waals surface area contributed by atoms with Crippen molar-refractivity contribution < 1.29 is 0 Å². The fourth-order valence-corrected chi connectivity index (χ4v) is 2.98. The van der Waals surface area contributed by atoms with Crippen molar-refractivity contribution in [3.8, 4) is 0 Å². The van der Waals surface area contributed by atoms with Gasteiger partial charge in [-0.3, -0.25) is 4.90 Å². The molecule has 1 aromatic rings. The van der Waals surface area contributed by atoms with E-state index in [1.54, 1.807) is 0 Å². The molecule has 0 unspecified atom stereocenters. The van der Waals surface area contributed by atoms with Gasteiger partial charge < -0.3 is 5.73 Å². The van der Waals surface area contributed by atoms with Gasteiger partial charge in [0.15, 0.2) is 0 Å². The smallest absolute Gasteiger partial charge is 0.0452 e. The third kappa shape index (κ3) is 3.63. The van der Waals surface area contributed by atoms with E-state index in [1.165, 1.54) is 38.8 Å². The van der Waals surface area contributed by atoms with Crippen LogP contribution in [-0.2, 0) is 6.54 Å². The minimum atomic E-state index is 0.801. The molecule has 0 saturated carbocycles. The second kappa shape index (κ2) is 6.44. The second-order valence-electron chi connectivity index (χ2n) is 5.36. The first-order valence-corrected chi connectivity index (χ1v) is 7.33. The monoisotopic (exact) mass is 266 g/mol. The summed E-state index contributed by atoms with van der Waals surface area (Å²) in [4.78, 5) is 2.49. The summed E-state index contributed by atoms with van der Waals surface area (Å²) in [6, 6.07) is 5.76. The number of nitrogen functional groups attached to an aromatic ring is 1. The highest BCUT2D eigenvalue weighted by Gasteiger charge is 2.19. The summed E-state index contributed by atoms with van der Waals surface area (Å²) >= 11 is 6.21. The number of halogens is 1. The lowest BCUT2D eigenvalue weighted by Gasteiger charge is -2.32. The molecule has 0 amide bonds. The first kappa shape index (κ1) is 13.7. The largest absolute Gasteiger partial charge is 0.399 e. The third-order valence-electron chi connectivity index (χ3n) is 3.87. The van der Waals surface area contributed by atoms with Gasteiger partial charge in [-0.05, 0) is 55.6 Å². The number of anilines is 1. The van der Waals surface area contributed by atoms with Gasteiger partial charge in [0, 0.05) is 17.3 Å². The Bertz CT molecular complexity index is 384. The molecule has 0 atom stereocenters. The Labute approximate surface area is 115 Å². The number of likely N-dealkylation sites (tertiary alicyclic amines) is 1. The number of hydrogen-bond donors (Lipinski definition) is 1. The van der Waals surface area contributed by atoms with Crippen LogP contribution in [0.15, 0.2) is 18.2 Å². The van der Waals surface area contributed by atoms with Crippen molar-refractivity contribution in [2.24, 2.45) is 5.92 Å². The van der Waals surface area contributed by atoms with E-state index in [-0.39, 0.29) is 0 Å². The molecule has 2 N–H and O–H groups in total. The lowest BCUT2D eigenvalue weighted by Crippen LogP contribution is -2.33. The van der Waals surface area contributed by atoms with Gasteiger partial charge in [-0.15, -0.1) is 0 Å². The van der Waals surface area contributed by atoms with Crippen LogP contribution in [0.2, 0.25) is 5.02 Å². The zero-order valence-electron chi connectivity index (χ0n) is 11.2. The molecule has 100 valence electrons. The fourth-order valence-electron chi connectivity index (χ4n) is 2.80. The van der Waals surface area contributed by atoms with Gasteiger partial charge in [-0.1, -0.05) is 31.4 Å². The molecule has 0 radical (unpaired) electrons. The summed E-state index contributed by atoms with van der Waals surface area (Å²) in [5.41, 5.74) is 7.78. The summed E-state index contributed by atoms with van der Waals surface area (Å²) in [6.07, 6.45) is 5.35. The number of nitrogens with two attached hydrogens (primary N) is 1. The summed E-state index contributed by atoms with van der Waals surface area (Å²) in [6.45, 7) is 5.59. The Hall–Kier alpha value is -0.730. The average Bonchev–Trinajstić information content (AvgIpc) is 2.37. The van der Waals surface area contributed by atoms with E-state index >= 15 is 0 Å². The molecular weight excluding hydrogens is 244 g/mol. The molecule has 1 aromatic carbocycles. The number of rotatable bonds is 4. The second-order valence-corrected chi connectivity index (χ2v) is 5.77. The molecule has 1 aliphatic rings. The Balaban J connectivity index is 1.89. The predicted molar refractivity (Wildman–Crippen MR) is 78.8 cm³/mol. The van der Waals surface area contributed by atoms with Gasteiger partial charge in [0.05, 0.1) is 0 Å². The van der Waals surface area contributed by atoms with E-state index in [1.807, 2.05) is 18.2 Å². The van der Waals surface area contributed by atoms with Crippen LogP contribution in [0.4, 0.5) is 5.69 Å². The van der Waals surface area contributed by atoms with E-state index in [9.17, 15) is 0 Å². The number of nitrogens with zero attached hydrogens (tertiary/aromatic N) is 1. The van der Waals surface area contributed by atoms with Crippen LogP contribution in [-0.4, -0.2) is 18.0 Å². The highest BCUT2D eigenvalue weighted by Crippen LogP contribution is 2.25. The van der Waals surface area contributed by atoms with Crippen molar-refractivity contribution in [1.82, 2.24) is 4.90 Å². The summed E-state index contributed by atoms with van der Waals surface area (Å²) in [7, 11) is 0. The van der Waals surface area contributed by atoms with Crippen molar-refractivity contribution in [3.63, 3.8) is 0 Å². The van der Waals surface area contributed by atoms with Crippen LogP contribution in [0.5, 0.6) is 0 Å². The Kier molecular flexibility index (Phi) is 4.90. The number of piperidine rings is 1. The van der Waals surface area contributed by atoms with Crippen LogP contribution in [0.25, 0.3) is 0 Å². The molecular formula is C15H23ClN2. The summed E-state index contributed by atoms with van der Waals surface area (Å²) < 4.78 is 0. The van der Waals surface area contributed by atoms with Crippen LogP contribution < -0.4 is 5.73 Å². The molecule has 3 heteroatoms. The molecule has 1 heterocycles. The van der Waals surface area contributed by atoms with Gasteiger partial charge in [0.1, 0.15) is 0 Å². The Morgan fingerprint density at radius 2 is 2.06 bits per heavy atom. The van der Waals surface area contributed by atoms with Gasteiger partial charge in [-0.25, -0.2) is 0 Å². The number of hydrogen-bond acceptors (Lipinski definition) is 2. The Morgan fingerprint density at radius 3 is 2.72 bits per heavy atom. The SMILES string of the molecule is CCCC1CCN(Cc2cc(N)ccc2Cl)CC1. The zero-order chi connectivity index (χ0) is 13.0. The van der Waals surface area contributed by atoms with E-state index in [0.717, 1.165) is 28.7 Å². The van der Waals surface area contributed by atoms with Crippen LogP contribution in [0.3, 0.4) is 0 Å². The average molecular weight is 267 g/mol. The summed E-state index contributed by atoms with van der Waals surface area (Å²) in [5, 5.41) is 0.833. The molecule has 1 aliphatic heterocycles. The maximum absolute atomic E-state index is 6.21. The minimum Gasteiger partial charge on any atom is -0.399 e. The molecule has 2 nitrogen and oxygen atoms in total. The van der Waals surface area contributed by atoms with Crippen molar-refractivity contribution in [3.05, 3.63) is 28.8 Å². The van der Waals surface area contributed by atoms with Crippen LogP contribution in [0, 0.1) is 5.92 Å². The van der Waals surface area contributed by atoms with Crippen molar-refractivity contribution in [2.45, 2.75) is 39.2 Å². The molecule has 1 fully saturated rings. The first-order chi connectivity index (χ1) is 8.69.